The van der Waals surface area contributed by atoms with Gasteiger partial charge in [0.25, 0.3) is 10.1 Å². The minimum Gasteiger partial charge on any atom is -0.387 e. The standard InChI is InChI=1S/C34H67NO6S/c1-3-5-7-9-11-13-14-15-16-17-18-19-21-23-25-27-29-33(37)34(38)35-31(30-42(39,40)41)32(36)28-26-24-22-20-12-10-8-6-4-2/h26,28,31-33,36-37H,3-25,27,29-30H2,1-2H3,(H,35,38)(H,39,40,41)/b28-26+. The van der Waals surface area contributed by atoms with Crippen molar-refractivity contribution in [2.75, 3.05) is 5.75 Å². The molecular weight excluding hydrogens is 550 g/mol. The first kappa shape index (κ1) is 41.0. The summed E-state index contributed by atoms with van der Waals surface area (Å²) in [5, 5.41) is 23.2. The summed E-state index contributed by atoms with van der Waals surface area (Å²) in [5.74, 6) is -1.53. The molecular formula is C34H67NO6S. The number of rotatable bonds is 31. The van der Waals surface area contributed by atoms with E-state index in [0.29, 0.717) is 6.42 Å². The highest BCUT2D eigenvalue weighted by molar-refractivity contribution is 7.85. The van der Waals surface area contributed by atoms with Crippen molar-refractivity contribution in [3.63, 3.8) is 0 Å². The maximum Gasteiger partial charge on any atom is 0.267 e. The van der Waals surface area contributed by atoms with Crippen LogP contribution in [0.5, 0.6) is 0 Å². The van der Waals surface area contributed by atoms with E-state index in [0.717, 1.165) is 38.5 Å². The summed E-state index contributed by atoms with van der Waals surface area (Å²) in [6.07, 6.45) is 29.9. The van der Waals surface area contributed by atoms with Gasteiger partial charge in [-0.3, -0.25) is 9.35 Å². The molecule has 0 radical (unpaired) electrons. The van der Waals surface area contributed by atoms with Crippen molar-refractivity contribution >= 4 is 16.0 Å². The van der Waals surface area contributed by atoms with Crippen LogP contribution in [0.3, 0.4) is 0 Å². The van der Waals surface area contributed by atoms with Gasteiger partial charge in [0.05, 0.1) is 17.9 Å². The quantitative estimate of drug-likeness (QED) is 0.0352. The number of nitrogens with one attached hydrogen (secondary N) is 1. The lowest BCUT2D eigenvalue weighted by Crippen LogP contribution is -2.50. The number of carbonyl (C=O) groups excluding carboxylic acids is 1. The van der Waals surface area contributed by atoms with E-state index in [1.54, 1.807) is 6.08 Å². The Morgan fingerprint density at radius 2 is 1.02 bits per heavy atom. The molecule has 0 aromatic heterocycles. The van der Waals surface area contributed by atoms with Gasteiger partial charge in [0.1, 0.15) is 6.10 Å². The number of carbonyl (C=O) groups is 1. The van der Waals surface area contributed by atoms with Gasteiger partial charge in [0.15, 0.2) is 0 Å². The third-order valence-corrected chi connectivity index (χ3v) is 8.85. The van der Waals surface area contributed by atoms with Crippen molar-refractivity contribution in [2.24, 2.45) is 0 Å². The van der Waals surface area contributed by atoms with Gasteiger partial charge in [0, 0.05) is 0 Å². The molecule has 3 atom stereocenters. The molecule has 0 fully saturated rings. The lowest BCUT2D eigenvalue weighted by molar-refractivity contribution is -0.130. The number of hydrogen-bond acceptors (Lipinski definition) is 5. The lowest BCUT2D eigenvalue weighted by atomic mass is 10.0. The SMILES string of the molecule is CCCCCCCCC/C=C/C(O)C(CS(=O)(=O)O)NC(=O)C(O)CCCCCCCCCCCCCCCCCC. The first-order valence-electron chi connectivity index (χ1n) is 17.5. The van der Waals surface area contributed by atoms with Crippen LogP contribution < -0.4 is 5.32 Å². The third-order valence-electron chi connectivity index (χ3n) is 8.07. The van der Waals surface area contributed by atoms with Crippen molar-refractivity contribution < 1.29 is 28.0 Å². The zero-order valence-electron chi connectivity index (χ0n) is 27.2. The Morgan fingerprint density at radius 1 is 0.643 bits per heavy atom. The number of allylic oxidation sites excluding steroid dienone is 1. The molecule has 0 saturated carbocycles. The second-order valence-electron chi connectivity index (χ2n) is 12.3. The van der Waals surface area contributed by atoms with E-state index < -0.39 is 40.0 Å². The van der Waals surface area contributed by atoms with E-state index in [1.165, 1.54) is 115 Å². The van der Waals surface area contributed by atoms with Crippen LogP contribution in [0.25, 0.3) is 0 Å². The second kappa shape index (κ2) is 28.8. The third kappa shape index (κ3) is 27.8. The van der Waals surface area contributed by atoms with Gasteiger partial charge in [-0.05, 0) is 19.3 Å². The highest BCUT2D eigenvalue weighted by Gasteiger charge is 2.27. The fourth-order valence-electron chi connectivity index (χ4n) is 5.34. The Balaban J connectivity index is 4.06. The molecule has 0 aliphatic heterocycles. The fourth-order valence-corrected chi connectivity index (χ4v) is 6.07. The number of aliphatic hydroxyl groups excluding tert-OH is 2. The molecule has 250 valence electrons. The second-order valence-corrected chi connectivity index (χ2v) is 13.8. The Morgan fingerprint density at radius 3 is 1.43 bits per heavy atom. The Kier molecular flexibility index (Phi) is 28.1. The Labute approximate surface area is 259 Å². The van der Waals surface area contributed by atoms with Gasteiger partial charge in [-0.2, -0.15) is 8.42 Å². The Bertz CT molecular complexity index is 742. The van der Waals surface area contributed by atoms with Crippen LogP contribution in [-0.4, -0.2) is 53.1 Å². The molecule has 0 aromatic rings. The minimum atomic E-state index is -4.42. The average Bonchev–Trinajstić information content (AvgIpc) is 2.94. The van der Waals surface area contributed by atoms with Gasteiger partial charge in [-0.25, -0.2) is 0 Å². The van der Waals surface area contributed by atoms with Crippen LogP contribution in [0.4, 0.5) is 0 Å². The molecule has 0 bridgehead atoms. The molecule has 0 spiro atoms. The molecule has 42 heavy (non-hydrogen) atoms. The van der Waals surface area contributed by atoms with Gasteiger partial charge in [0.2, 0.25) is 5.91 Å². The van der Waals surface area contributed by atoms with Crippen LogP contribution >= 0.6 is 0 Å². The predicted molar refractivity (Wildman–Crippen MR) is 176 cm³/mol. The van der Waals surface area contributed by atoms with Crippen molar-refractivity contribution in [3.05, 3.63) is 12.2 Å². The van der Waals surface area contributed by atoms with E-state index in [-0.39, 0.29) is 6.42 Å². The van der Waals surface area contributed by atoms with Gasteiger partial charge in [-0.15, -0.1) is 0 Å². The average molecular weight is 618 g/mol. The first-order chi connectivity index (χ1) is 20.2. The summed E-state index contributed by atoms with van der Waals surface area (Å²) >= 11 is 0. The maximum atomic E-state index is 12.5. The number of amides is 1. The highest BCUT2D eigenvalue weighted by Crippen LogP contribution is 2.15. The summed E-state index contributed by atoms with van der Waals surface area (Å²) in [6.45, 7) is 4.45. The number of unbranched alkanes of at least 4 members (excludes halogenated alkanes) is 22. The van der Waals surface area contributed by atoms with Crippen LogP contribution in [0.2, 0.25) is 0 Å². The van der Waals surface area contributed by atoms with Gasteiger partial charge >= 0.3 is 0 Å². The summed E-state index contributed by atoms with van der Waals surface area (Å²) in [7, 11) is -4.42. The largest absolute Gasteiger partial charge is 0.387 e. The zero-order chi connectivity index (χ0) is 31.3. The van der Waals surface area contributed by atoms with Crippen LogP contribution in [0, 0.1) is 0 Å². The molecule has 3 unspecified atom stereocenters. The summed E-state index contributed by atoms with van der Waals surface area (Å²) < 4.78 is 32.2. The summed E-state index contributed by atoms with van der Waals surface area (Å²) in [6, 6.07) is -1.22. The normalized spacial score (nSPS) is 14.3. The highest BCUT2D eigenvalue weighted by atomic mass is 32.2. The van der Waals surface area contributed by atoms with Gasteiger partial charge in [-0.1, -0.05) is 167 Å². The lowest BCUT2D eigenvalue weighted by Gasteiger charge is -2.22. The van der Waals surface area contributed by atoms with Crippen molar-refractivity contribution in [1.29, 1.82) is 0 Å². The molecule has 0 aromatic carbocycles. The molecule has 0 rings (SSSR count). The molecule has 0 heterocycles. The zero-order valence-corrected chi connectivity index (χ0v) is 28.1. The molecule has 8 heteroatoms. The van der Waals surface area contributed by atoms with E-state index in [9.17, 15) is 28.0 Å². The molecule has 0 saturated heterocycles. The van der Waals surface area contributed by atoms with E-state index in [4.69, 9.17) is 0 Å². The predicted octanol–water partition coefficient (Wildman–Crippen LogP) is 8.43. The molecule has 4 N–H and O–H groups in total. The molecule has 0 aliphatic rings. The van der Waals surface area contributed by atoms with Crippen LogP contribution in [-0.2, 0) is 14.9 Å². The maximum absolute atomic E-state index is 12.5. The van der Waals surface area contributed by atoms with Crippen molar-refractivity contribution in [2.45, 2.75) is 193 Å². The summed E-state index contributed by atoms with van der Waals surface area (Å²) in [5.41, 5.74) is 0. The topological polar surface area (TPSA) is 124 Å². The molecule has 1 amide bonds. The Hall–Kier alpha value is -0.960. The smallest absolute Gasteiger partial charge is 0.267 e. The van der Waals surface area contributed by atoms with Crippen LogP contribution in [0.1, 0.15) is 174 Å². The number of aliphatic hydroxyl groups is 2. The van der Waals surface area contributed by atoms with E-state index >= 15 is 0 Å². The monoisotopic (exact) mass is 617 g/mol. The van der Waals surface area contributed by atoms with Crippen LogP contribution in [0.15, 0.2) is 12.2 Å². The molecule has 7 nitrogen and oxygen atoms in total. The van der Waals surface area contributed by atoms with Crippen molar-refractivity contribution in [1.82, 2.24) is 5.32 Å². The van der Waals surface area contributed by atoms with Gasteiger partial charge < -0.3 is 15.5 Å². The van der Waals surface area contributed by atoms with E-state index in [2.05, 4.69) is 19.2 Å². The fraction of sp³-hybridized carbons (Fsp3) is 0.912. The van der Waals surface area contributed by atoms with E-state index in [1.807, 2.05) is 0 Å². The first-order valence-corrected chi connectivity index (χ1v) is 19.1. The number of hydrogen-bond donors (Lipinski definition) is 4. The minimum absolute atomic E-state index is 0.285. The van der Waals surface area contributed by atoms with Crippen molar-refractivity contribution in [3.8, 4) is 0 Å². The molecule has 0 aliphatic carbocycles. The summed E-state index contributed by atoms with van der Waals surface area (Å²) in [4.78, 5) is 12.5.